The van der Waals surface area contributed by atoms with E-state index in [1.165, 1.54) is 4.68 Å². The van der Waals surface area contributed by atoms with E-state index in [1.54, 1.807) is 31.4 Å². The Morgan fingerprint density at radius 3 is 2.83 bits per heavy atom. The molecule has 6 nitrogen and oxygen atoms in total. The van der Waals surface area contributed by atoms with Crippen molar-refractivity contribution >= 4 is 11.8 Å². The zero-order chi connectivity index (χ0) is 13.0. The van der Waals surface area contributed by atoms with Gasteiger partial charge in [-0.05, 0) is 33.8 Å². The number of methoxy groups -OCH3 is 1. The minimum Gasteiger partial charge on any atom is -0.497 e. The first-order chi connectivity index (χ1) is 8.76. The van der Waals surface area contributed by atoms with Crippen molar-refractivity contribution in [3.05, 3.63) is 34.7 Å². The van der Waals surface area contributed by atoms with Crippen molar-refractivity contribution < 1.29 is 13.9 Å². The van der Waals surface area contributed by atoms with Crippen molar-refractivity contribution in [3.8, 4) is 17.5 Å². The van der Waals surface area contributed by atoms with Crippen LogP contribution in [0.1, 0.15) is 0 Å². The third-order valence-corrected chi connectivity index (χ3v) is 3.11. The van der Waals surface area contributed by atoms with Crippen LogP contribution in [0.2, 0.25) is 0 Å². The normalized spacial score (nSPS) is 10.0. The van der Waals surface area contributed by atoms with Gasteiger partial charge in [0.25, 0.3) is 0 Å². The van der Waals surface area contributed by atoms with Crippen molar-refractivity contribution in [2.24, 2.45) is 0 Å². The molecule has 0 aliphatic carbocycles. The molecule has 18 heavy (non-hydrogen) atoms. The lowest BCUT2D eigenvalue weighted by Crippen LogP contribution is -2.36. The van der Waals surface area contributed by atoms with Crippen molar-refractivity contribution in [2.75, 3.05) is 12.9 Å². The second-order valence-electron chi connectivity index (χ2n) is 3.27. The number of ether oxygens (including phenoxy) is 1. The van der Waals surface area contributed by atoms with Crippen LogP contribution in [0.15, 0.2) is 38.6 Å². The highest BCUT2D eigenvalue weighted by Gasteiger charge is 2.23. The maximum atomic E-state index is 11.5. The van der Waals surface area contributed by atoms with Crippen molar-refractivity contribution in [3.63, 3.8) is 0 Å². The summed E-state index contributed by atoms with van der Waals surface area (Å²) in [6.07, 6.45) is 0. The molecule has 7 heteroatoms. The third kappa shape index (κ3) is 2.38. The van der Waals surface area contributed by atoms with Crippen LogP contribution in [0.25, 0.3) is 5.69 Å². The van der Waals surface area contributed by atoms with Crippen LogP contribution in [-0.4, -0.2) is 18.1 Å². The third-order valence-electron chi connectivity index (χ3n) is 2.21. The number of hydrogen-bond acceptors (Lipinski definition) is 5. The molecule has 2 rings (SSSR count). The maximum absolute atomic E-state index is 11.5. The Balaban J connectivity index is 2.38. The fraction of sp³-hybridized carbons (Fsp3) is 0.182. The Morgan fingerprint density at radius 1 is 1.50 bits per heavy atom. The minimum absolute atomic E-state index is 0.179. The summed E-state index contributed by atoms with van der Waals surface area (Å²) in [5.41, 5.74) is 0.230. The van der Waals surface area contributed by atoms with E-state index in [-0.39, 0.29) is 5.75 Å². The van der Waals surface area contributed by atoms with Gasteiger partial charge in [0, 0.05) is 12.1 Å². The van der Waals surface area contributed by atoms with E-state index >= 15 is 0 Å². The molecule has 1 N–H and O–H groups in total. The molecule has 1 aromatic heterocycles. The lowest BCUT2D eigenvalue weighted by atomic mass is 10.3. The van der Waals surface area contributed by atoms with Gasteiger partial charge in [-0.25, -0.2) is 4.79 Å². The lowest BCUT2D eigenvalue weighted by molar-refractivity contribution is -0.704. The van der Waals surface area contributed by atoms with Crippen LogP contribution >= 0.6 is 11.8 Å². The number of nitrogens with zero attached hydrogens (tertiary/aromatic N) is 2. The van der Waals surface area contributed by atoms with E-state index in [0.717, 1.165) is 23.2 Å². The molecule has 0 saturated heterocycles. The highest BCUT2D eigenvalue weighted by Crippen LogP contribution is 2.13. The zero-order valence-corrected chi connectivity index (χ0v) is 10.4. The zero-order valence-electron chi connectivity index (χ0n) is 9.54. The van der Waals surface area contributed by atoms with E-state index in [1.807, 2.05) is 6.07 Å². The van der Waals surface area contributed by atoms with E-state index in [4.69, 9.17) is 14.5 Å². The first-order valence-electron chi connectivity index (χ1n) is 5.04. The summed E-state index contributed by atoms with van der Waals surface area (Å²) in [7, 11) is 1.58. The second-order valence-corrected chi connectivity index (χ2v) is 4.23. The number of hydrogen-bond donors (Lipinski definition) is 1. The summed E-state index contributed by atoms with van der Waals surface area (Å²) in [6, 6.07) is 9.06. The van der Waals surface area contributed by atoms with Crippen LogP contribution in [-0.2, 0) is 0 Å². The van der Waals surface area contributed by atoms with Crippen LogP contribution < -0.4 is 15.0 Å². The fourth-order valence-corrected chi connectivity index (χ4v) is 2.02. The first-order valence-corrected chi connectivity index (χ1v) is 6.02. The fourth-order valence-electron chi connectivity index (χ4n) is 1.39. The molecule has 92 valence electrons. The molecule has 1 aromatic carbocycles. The van der Waals surface area contributed by atoms with Crippen LogP contribution in [0.5, 0.6) is 5.75 Å². The molecule has 1 heterocycles. The van der Waals surface area contributed by atoms with Crippen molar-refractivity contribution in [1.82, 2.24) is 5.27 Å². The number of H-pyrrole nitrogens is 1. The van der Waals surface area contributed by atoms with E-state index < -0.39 is 5.63 Å². The minimum atomic E-state index is -0.494. The summed E-state index contributed by atoms with van der Waals surface area (Å²) < 4.78 is 11.3. The average molecular weight is 264 g/mol. The van der Waals surface area contributed by atoms with E-state index in [0.29, 0.717) is 5.03 Å². The number of rotatable bonds is 4. The van der Waals surface area contributed by atoms with Gasteiger partial charge in [-0.2, -0.15) is 5.26 Å². The molecule has 0 fully saturated rings. The Bertz CT molecular complexity index is 624. The Hall–Kier alpha value is -2.20. The Kier molecular flexibility index (Phi) is 3.69. The summed E-state index contributed by atoms with van der Waals surface area (Å²) in [6.45, 7) is 0. The molecule has 0 radical (unpaired) electrons. The van der Waals surface area contributed by atoms with Crippen LogP contribution in [0, 0.1) is 11.3 Å². The van der Waals surface area contributed by atoms with Gasteiger partial charge in [-0.3, -0.25) is 4.52 Å². The number of aromatic nitrogens is 2. The molecular weight excluding hydrogens is 254 g/mol. The maximum Gasteiger partial charge on any atom is 0.442 e. The van der Waals surface area contributed by atoms with Gasteiger partial charge in [0.05, 0.1) is 18.9 Å². The number of benzene rings is 1. The predicted molar refractivity (Wildman–Crippen MR) is 63.7 cm³/mol. The SMILES string of the molecule is COc1ccc(-[n+]2[nH]oc(=O)c2SCC#N)cc1. The molecule has 0 aliphatic rings. The molecule has 0 atom stereocenters. The van der Waals surface area contributed by atoms with Gasteiger partial charge in [0.15, 0.2) is 0 Å². The van der Waals surface area contributed by atoms with Gasteiger partial charge < -0.3 is 4.74 Å². The first kappa shape index (κ1) is 12.3. The number of thioether (sulfide) groups is 1. The average Bonchev–Trinajstić information content (AvgIpc) is 2.78. The van der Waals surface area contributed by atoms with Crippen molar-refractivity contribution in [2.45, 2.75) is 5.03 Å². The highest BCUT2D eigenvalue weighted by atomic mass is 32.2. The van der Waals surface area contributed by atoms with Gasteiger partial charge in [-0.15, -0.1) is 0 Å². The smallest absolute Gasteiger partial charge is 0.442 e. The van der Waals surface area contributed by atoms with Gasteiger partial charge in [0.1, 0.15) is 5.75 Å². The monoisotopic (exact) mass is 264 g/mol. The quantitative estimate of drug-likeness (QED) is 0.654. The highest BCUT2D eigenvalue weighted by molar-refractivity contribution is 7.99. The summed E-state index contributed by atoms with van der Waals surface area (Å²) in [5.74, 6) is 0.898. The molecule has 0 spiro atoms. The van der Waals surface area contributed by atoms with Crippen molar-refractivity contribution in [1.29, 1.82) is 5.26 Å². The molecule has 0 amide bonds. The standard InChI is InChI=1S/C11H9N3O3S/c1-16-9-4-2-8(3-5-9)14-10(18-7-6-12)11(15)17-13-14/h2-5H,7H2,1H3/p+1. The van der Waals surface area contributed by atoms with Gasteiger partial charge >= 0.3 is 10.7 Å². The molecule has 0 unspecified atom stereocenters. The Labute approximate surface area is 107 Å². The number of aromatic amines is 1. The molecule has 0 saturated carbocycles. The number of nitrogens with one attached hydrogen (secondary N) is 1. The summed E-state index contributed by atoms with van der Waals surface area (Å²) in [5, 5.41) is 11.4. The van der Waals surface area contributed by atoms with Gasteiger partial charge in [0.2, 0.25) is 5.69 Å². The lowest BCUT2D eigenvalue weighted by Gasteiger charge is -1.97. The predicted octanol–water partition coefficient (Wildman–Crippen LogP) is 0.869. The van der Waals surface area contributed by atoms with Crippen LogP contribution in [0.4, 0.5) is 0 Å². The topological polar surface area (TPSA) is 82.9 Å². The largest absolute Gasteiger partial charge is 0.497 e. The van der Waals surface area contributed by atoms with Crippen LogP contribution in [0.3, 0.4) is 0 Å². The molecule has 2 aromatic rings. The van der Waals surface area contributed by atoms with E-state index in [9.17, 15) is 4.79 Å². The second kappa shape index (κ2) is 5.42. The molecule has 0 aliphatic heterocycles. The Morgan fingerprint density at radius 2 is 2.22 bits per heavy atom. The van der Waals surface area contributed by atoms with E-state index in [2.05, 4.69) is 5.27 Å². The summed E-state index contributed by atoms with van der Waals surface area (Å²) in [4.78, 5) is 11.5. The van der Waals surface area contributed by atoms with Gasteiger partial charge in [-0.1, -0.05) is 0 Å². The number of nitriles is 1. The molecule has 0 bridgehead atoms. The summed E-state index contributed by atoms with van der Waals surface area (Å²) >= 11 is 1.12. The molecular formula is C11H10N3O3S+.